The second-order valence-corrected chi connectivity index (χ2v) is 1.44. The zero-order valence-corrected chi connectivity index (χ0v) is 4.94. The summed E-state index contributed by atoms with van der Waals surface area (Å²) in [4.78, 5) is 14.7. The lowest BCUT2D eigenvalue weighted by molar-refractivity contribution is 0.154. The van der Waals surface area contributed by atoms with E-state index in [1.165, 1.54) is 12.4 Å². The molecule has 54 valence electrons. The Morgan fingerprint density at radius 3 is 3.60 bits per heavy atom. The van der Waals surface area contributed by atoms with Crippen LogP contribution in [0.3, 0.4) is 0 Å². The van der Waals surface area contributed by atoms with Crippen molar-refractivity contribution in [3.63, 3.8) is 0 Å². The van der Waals surface area contributed by atoms with Crippen molar-refractivity contribution in [2.45, 2.75) is 6.85 Å². The molecule has 4 heteroatoms. The highest BCUT2D eigenvalue weighted by molar-refractivity contribution is 5.69. The van der Waals surface area contributed by atoms with Gasteiger partial charge in [-0.2, -0.15) is 0 Å². The van der Waals surface area contributed by atoms with Crippen LogP contribution in [0.4, 0.5) is 4.79 Å². The first-order valence-corrected chi connectivity index (χ1v) is 2.45. The Labute approximate surface area is 65.5 Å². The third kappa shape index (κ3) is 1.34. The number of nitrogens with zero attached hydrogens (tertiary/aromatic N) is 2. The summed E-state index contributed by atoms with van der Waals surface area (Å²) in [7, 11) is 0. The Hall–Kier alpha value is -1.32. The highest BCUT2D eigenvalue weighted by Gasteiger charge is 2.00. The summed E-state index contributed by atoms with van der Waals surface area (Å²) in [5.41, 5.74) is 0. The molecule has 0 saturated heterocycles. The van der Waals surface area contributed by atoms with E-state index in [2.05, 4.69) is 9.72 Å². The molecule has 0 aliphatic carbocycles. The minimum Gasteiger partial charge on any atom is -0.449 e. The first-order valence-electron chi connectivity index (χ1n) is 4.95. The number of hydrogen-bond donors (Lipinski definition) is 0. The molecule has 0 bridgehead atoms. The molecule has 0 radical (unpaired) electrons. The largest absolute Gasteiger partial charge is 0.449 e. The lowest BCUT2D eigenvalue weighted by atomic mass is 10.8. The van der Waals surface area contributed by atoms with Crippen LogP contribution in [0.15, 0.2) is 18.7 Å². The normalized spacial score (nSPS) is 19.4. The quantitative estimate of drug-likeness (QED) is 0.589. The van der Waals surface area contributed by atoms with E-state index < -0.39 is 19.5 Å². The lowest BCUT2D eigenvalue weighted by Crippen LogP contribution is -2.10. The molecule has 0 aliphatic rings. The molecule has 0 aromatic carbocycles. The molecule has 1 aromatic heterocycles. The maximum Gasteiger partial charge on any atom is 0.419 e. The molecule has 0 saturated carbocycles. The van der Waals surface area contributed by atoms with Crippen molar-refractivity contribution < 1.29 is 16.4 Å². The predicted molar refractivity (Wildman–Crippen MR) is 34.6 cm³/mol. The summed E-state index contributed by atoms with van der Waals surface area (Å²) in [5.74, 6) is 0. The SMILES string of the molecule is [2H]C([2H])([2H])C([2H])([2H])OC(=O)n1ccnc1. The second-order valence-electron chi connectivity index (χ2n) is 1.44. The average Bonchev–Trinajstić information content (AvgIpc) is 2.51. The molecule has 1 heterocycles. The fourth-order valence-electron chi connectivity index (χ4n) is 0.463. The summed E-state index contributed by atoms with van der Waals surface area (Å²) < 4.78 is 39.5. The summed E-state index contributed by atoms with van der Waals surface area (Å²) in [6, 6.07) is 0. The average molecular weight is 145 g/mol. The molecule has 0 atom stereocenters. The fourth-order valence-corrected chi connectivity index (χ4v) is 0.463. The fraction of sp³-hybridized carbons (Fsp3) is 0.333. The molecular formula is C6H8N2O2. The van der Waals surface area contributed by atoms with Gasteiger partial charge in [0.25, 0.3) is 0 Å². The van der Waals surface area contributed by atoms with Gasteiger partial charge in [0.1, 0.15) is 6.33 Å². The molecule has 1 rings (SSSR count). The first-order chi connectivity index (χ1) is 6.74. The topological polar surface area (TPSA) is 44.1 Å². The Kier molecular flexibility index (Phi) is 0.822. The van der Waals surface area contributed by atoms with Crippen LogP contribution in [-0.4, -0.2) is 22.2 Å². The van der Waals surface area contributed by atoms with E-state index in [-0.39, 0.29) is 0 Å². The van der Waals surface area contributed by atoms with Gasteiger partial charge < -0.3 is 4.74 Å². The van der Waals surface area contributed by atoms with Gasteiger partial charge in [-0.15, -0.1) is 0 Å². The number of carbonyl (C=O) groups excluding carboxylic acids is 1. The maximum absolute atomic E-state index is 11.2. The van der Waals surface area contributed by atoms with Crippen molar-refractivity contribution in [2.24, 2.45) is 0 Å². The van der Waals surface area contributed by atoms with Crippen molar-refractivity contribution >= 4 is 6.09 Å². The van der Waals surface area contributed by atoms with Crippen LogP contribution >= 0.6 is 0 Å². The maximum atomic E-state index is 11.2. The van der Waals surface area contributed by atoms with Crippen LogP contribution in [0.5, 0.6) is 0 Å². The van der Waals surface area contributed by atoms with Crippen molar-refractivity contribution in [1.29, 1.82) is 0 Å². The third-order valence-electron chi connectivity index (χ3n) is 0.854. The highest BCUT2D eigenvalue weighted by Crippen LogP contribution is 1.88. The monoisotopic (exact) mass is 145 g/mol. The van der Waals surface area contributed by atoms with Crippen molar-refractivity contribution in [3.8, 4) is 0 Å². The summed E-state index contributed by atoms with van der Waals surface area (Å²) in [6.45, 7) is -6.04. The number of carbonyl (C=O) groups is 1. The highest BCUT2D eigenvalue weighted by atomic mass is 16.5. The minimum absolute atomic E-state index is 0.837. The van der Waals surface area contributed by atoms with Gasteiger partial charge in [0.15, 0.2) is 0 Å². The Bertz CT molecular complexity index is 345. The molecule has 0 unspecified atom stereocenters. The number of hydrogen-bond acceptors (Lipinski definition) is 3. The number of aromatic nitrogens is 2. The molecule has 4 nitrogen and oxygen atoms in total. The van der Waals surface area contributed by atoms with Crippen LogP contribution in [0.2, 0.25) is 0 Å². The van der Waals surface area contributed by atoms with Crippen molar-refractivity contribution in [3.05, 3.63) is 18.7 Å². The van der Waals surface area contributed by atoms with Crippen LogP contribution in [0.25, 0.3) is 0 Å². The van der Waals surface area contributed by atoms with Gasteiger partial charge in [-0.1, -0.05) is 0 Å². The molecular weight excluding hydrogens is 132 g/mol. The van der Waals surface area contributed by atoms with Gasteiger partial charge >= 0.3 is 6.09 Å². The summed E-state index contributed by atoms with van der Waals surface area (Å²) in [5, 5.41) is 0. The Morgan fingerprint density at radius 1 is 2.10 bits per heavy atom. The van der Waals surface area contributed by atoms with Crippen LogP contribution < -0.4 is 0 Å². The van der Waals surface area contributed by atoms with E-state index in [0.29, 0.717) is 0 Å². The first kappa shape index (κ1) is 2.74. The molecule has 0 spiro atoms. The minimum atomic E-state index is -3.02. The Morgan fingerprint density at radius 2 is 3.00 bits per heavy atom. The molecule has 0 aliphatic heterocycles. The zero-order valence-electron chi connectivity index (χ0n) is 9.94. The number of ether oxygens (including phenoxy) is 1. The molecule has 0 N–H and O–H groups in total. The summed E-state index contributed by atoms with van der Waals surface area (Å²) in [6.07, 6.45) is 2.45. The van der Waals surface area contributed by atoms with Gasteiger partial charge in [0, 0.05) is 16.5 Å². The van der Waals surface area contributed by atoms with E-state index >= 15 is 0 Å². The summed E-state index contributed by atoms with van der Waals surface area (Å²) >= 11 is 0. The predicted octanol–water partition coefficient (Wildman–Crippen LogP) is 0.888. The van der Waals surface area contributed by atoms with Crippen LogP contribution in [0, 0.1) is 0 Å². The van der Waals surface area contributed by atoms with E-state index in [0.717, 1.165) is 10.9 Å². The lowest BCUT2D eigenvalue weighted by Gasteiger charge is -1.98. The van der Waals surface area contributed by atoms with E-state index in [1.54, 1.807) is 0 Å². The van der Waals surface area contributed by atoms with E-state index in [1.807, 2.05) is 0 Å². The van der Waals surface area contributed by atoms with Gasteiger partial charge in [0.2, 0.25) is 0 Å². The van der Waals surface area contributed by atoms with E-state index in [9.17, 15) is 4.79 Å². The molecule has 1 aromatic rings. The zero-order chi connectivity index (χ0) is 11.7. The van der Waals surface area contributed by atoms with Gasteiger partial charge in [0.05, 0.1) is 9.30 Å². The molecule has 0 amide bonds. The molecule has 0 fully saturated rings. The number of imidazole rings is 1. The standard InChI is InChI=1S/C6H8N2O2/c1-2-10-6(9)8-4-3-7-5-8/h3-5H,2H2,1H3/i1D3,2D2. The second kappa shape index (κ2) is 3.00. The van der Waals surface area contributed by atoms with Crippen LogP contribution in [0.1, 0.15) is 13.7 Å². The van der Waals surface area contributed by atoms with Crippen molar-refractivity contribution in [1.82, 2.24) is 9.55 Å². The van der Waals surface area contributed by atoms with Gasteiger partial charge in [-0.25, -0.2) is 14.3 Å². The van der Waals surface area contributed by atoms with Gasteiger partial charge in [-0.3, -0.25) is 0 Å². The van der Waals surface area contributed by atoms with Crippen molar-refractivity contribution in [2.75, 3.05) is 6.56 Å². The number of rotatable bonds is 1. The van der Waals surface area contributed by atoms with E-state index in [4.69, 9.17) is 6.85 Å². The van der Waals surface area contributed by atoms with Crippen LogP contribution in [-0.2, 0) is 4.74 Å². The van der Waals surface area contributed by atoms with Gasteiger partial charge in [-0.05, 0) is 6.85 Å². The Balaban J connectivity index is 2.75. The molecule has 10 heavy (non-hydrogen) atoms. The third-order valence-corrected chi connectivity index (χ3v) is 0.854. The smallest absolute Gasteiger partial charge is 0.419 e.